The molecule has 1 atom stereocenters. The Hall–Kier alpha value is -0.720. The smallest absolute Gasteiger partial charge is 0.164 e. The molecule has 114 valence electrons. The molecule has 0 radical (unpaired) electrons. The Morgan fingerprint density at radius 1 is 0.952 bits per heavy atom. The molecule has 1 heterocycles. The molecule has 21 heavy (non-hydrogen) atoms. The minimum Gasteiger partial charge on any atom is -0.496 e. The van der Waals surface area contributed by atoms with E-state index in [0.717, 1.165) is 15.8 Å². The quantitative estimate of drug-likeness (QED) is 0.594. The maximum Gasteiger partial charge on any atom is 0.164 e. The van der Waals surface area contributed by atoms with E-state index in [2.05, 4.69) is 44.8 Å². The lowest BCUT2D eigenvalue weighted by molar-refractivity contribution is 0.348. The van der Waals surface area contributed by atoms with Crippen molar-refractivity contribution in [1.29, 1.82) is 0 Å². The molecule has 0 saturated heterocycles. The van der Waals surface area contributed by atoms with E-state index in [1.165, 1.54) is 9.75 Å². The zero-order chi connectivity index (χ0) is 15.6. The molecule has 0 aliphatic rings. The van der Waals surface area contributed by atoms with Crippen LogP contribution < -0.4 is 14.2 Å². The van der Waals surface area contributed by atoms with Crippen molar-refractivity contribution in [2.75, 3.05) is 21.3 Å². The molecule has 0 fully saturated rings. The number of alkyl halides is 1. The van der Waals surface area contributed by atoms with Gasteiger partial charge in [-0.3, -0.25) is 0 Å². The van der Waals surface area contributed by atoms with Crippen molar-refractivity contribution in [2.45, 2.75) is 11.8 Å². The fourth-order valence-electron chi connectivity index (χ4n) is 2.01. The Bertz CT molecular complexity index is 621. The molecule has 6 heteroatoms. The van der Waals surface area contributed by atoms with Crippen LogP contribution in [0, 0.1) is 6.92 Å². The van der Waals surface area contributed by atoms with Crippen molar-refractivity contribution in [1.82, 2.24) is 0 Å². The number of hydrogen-bond acceptors (Lipinski definition) is 4. The first-order valence-corrected chi connectivity index (χ1v) is 8.74. The fraction of sp³-hybridized carbons (Fsp3) is 0.333. The van der Waals surface area contributed by atoms with Gasteiger partial charge in [0.2, 0.25) is 0 Å². The highest BCUT2D eigenvalue weighted by Gasteiger charge is 2.21. The summed E-state index contributed by atoms with van der Waals surface area (Å²) in [6.07, 6.45) is 0. The topological polar surface area (TPSA) is 27.7 Å². The van der Waals surface area contributed by atoms with E-state index in [9.17, 15) is 0 Å². The summed E-state index contributed by atoms with van der Waals surface area (Å²) in [5, 5.41) is 0. The summed E-state index contributed by atoms with van der Waals surface area (Å²) in [5.41, 5.74) is 1.00. The number of hydrogen-bond donors (Lipinski definition) is 0. The second kappa shape index (κ2) is 7.03. The second-order valence-electron chi connectivity index (χ2n) is 4.36. The molecule has 3 nitrogen and oxygen atoms in total. The molecule has 2 aromatic rings. The first-order valence-electron chi connectivity index (χ1n) is 6.21. The number of ether oxygens (including phenoxy) is 3. The standard InChI is InChI=1S/C15H16Br2O3S/c1-8-10(16)6-14(21-8)15(17)9-5-12(19-3)13(20-4)7-11(9)18-2/h5-7,15H,1-4H3. The van der Waals surface area contributed by atoms with Crippen LogP contribution >= 0.6 is 43.2 Å². The van der Waals surface area contributed by atoms with Crippen LogP contribution in [-0.2, 0) is 0 Å². The highest BCUT2D eigenvalue weighted by molar-refractivity contribution is 9.10. The zero-order valence-corrected chi connectivity index (χ0v) is 16.2. The minimum absolute atomic E-state index is 0.0299. The van der Waals surface area contributed by atoms with Crippen LogP contribution in [0.15, 0.2) is 22.7 Å². The lowest BCUT2D eigenvalue weighted by atomic mass is 10.1. The number of thiophene rings is 1. The molecule has 0 aliphatic heterocycles. The van der Waals surface area contributed by atoms with Crippen LogP contribution in [-0.4, -0.2) is 21.3 Å². The van der Waals surface area contributed by atoms with Gasteiger partial charge in [0.1, 0.15) is 5.75 Å². The summed E-state index contributed by atoms with van der Waals surface area (Å²) < 4.78 is 17.3. The van der Waals surface area contributed by atoms with Crippen molar-refractivity contribution < 1.29 is 14.2 Å². The van der Waals surface area contributed by atoms with E-state index in [-0.39, 0.29) is 4.83 Å². The molecular formula is C15H16Br2O3S. The number of aryl methyl sites for hydroxylation is 1. The third-order valence-corrected chi connectivity index (χ3v) is 6.63. The van der Waals surface area contributed by atoms with Crippen molar-refractivity contribution in [3.63, 3.8) is 0 Å². The number of methoxy groups -OCH3 is 3. The molecule has 0 spiro atoms. The molecule has 0 aliphatic carbocycles. The summed E-state index contributed by atoms with van der Waals surface area (Å²) in [6, 6.07) is 5.91. The van der Waals surface area contributed by atoms with Gasteiger partial charge < -0.3 is 14.2 Å². The van der Waals surface area contributed by atoms with Gasteiger partial charge in [0.25, 0.3) is 0 Å². The summed E-state index contributed by atoms with van der Waals surface area (Å²) in [5.74, 6) is 2.10. The molecule has 2 rings (SSSR count). The lowest BCUT2D eigenvalue weighted by Crippen LogP contribution is -1.99. The predicted molar refractivity (Wildman–Crippen MR) is 93.6 cm³/mol. The Kier molecular flexibility index (Phi) is 5.57. The number of halogens is 2. The summed E-state index contributed by atoms with van der Waals surface area (Å²) >= 11 is 9.05. The maximum atomic E-state index is 5.49. The molecule has 1 unspecified atom stereocenters. The first-order chi connectivity index (χ1) is 10.0. The van der Waals surface area contributed by atoms with Gasteiger partial charge in [-0.05, 0) is 35.0 Å². The molecule has 0 N–H and O–H groups in total. The van der Waals surface area contributed by atoms with E-state index in [1.807, 2.05) is 12.1 Å². The van der Waals surface area contributed by atoms with Gasteiger partial charge in [0.15, 0.2) is 11.5 Å². The minimum atomic E-state index is 0.0299. The van der Waals surface area contributed by atoms with E-state index in [1.54, 1.807) is 32.7 Å². The van der Waals surface area contributed by atoms with Gasteiger partial charge in [-0.1, -0.05) is 15.9 Å². The lowest BCUT2D eigenvalue weighted by Gasteiger charge is -2.17. The highest BCUT2D eigenvalue weighted by Crippen LogP contribution is 2.45. The molecule has 1 aromatic heterocycles. The van der Waals surface area contributed by atoms with Crippen molar-refractivity contribution in [3.8, 4) is 17.2 Å². The van der Waals surface area contributed by atoms with Crippen LogP contribution in [0.1, 0.15) is 20.1 Å². The third-order valence-electron chi connectivity index (χ3n) is 3.13. The Labute approximate surface area is 145 Å². The molecular weight excluding hydrogens is 420 g/mol. The number of rotatable bonds is 5. The summed E-state index contributed by atoms with van der Waals surface area (Å²) in [6.45, 7) is 2.09. The monoisotopic (exact) mass is 434 g/mol. The predicted octanol–water partition coefficient (Wildman–Crippen LogP) is 5.33. The van der Waals surface area contributed by atoms with E-state index < -0.39 is 0 Å². The summed E-state index contributed by atoms with van der Waals surface area (Å²) in [7, 11) is 4.89. The van der Waals surface area contributed by atoms with Crippen LogP contribution in [0.3, 0.4) is 0 Å². The zero-order valence-electron chi connectivity index (χ0n) is 12.2. The van der Waals surface area contributed by atoms with Crippen LogP contribution in [0.25, 0.3) is 0 Å². The first kappa shape index (κ1) is 16.6. The van der Waals surface area contributed by atoms with Gasteiger partial charge >= 0.3 is 0 Å². The van der Waals surface area contributed by atoms with Crippen LogP contribution in [0.4, 0.5) is 0 Å². The van der Waals surface area contributed by atoms with Crippen LogP contribution in [0.2, 0.25) is 0 Å². The largest absolute Gasteiger partial charge is 0.496 e. The van der Waals surface area contributed by atoms with Gasteiger partial charge in [-0.2, -0.15) is 0 Å². The van der Waals surface area contributed by atoms with Gasteiger partial charge in [0.05, 0.1) is 26.2 Å². The Morgan fingerprint density at radius 3 is 2.00 bits per heavy atom. The SMILES string of the molecule is COc1cc(OC)c(C(Br)c2cc(Br)c(C)s2)cc1OC. The number of benzene rings is 1. The maximum absolute atomic E-state index is 5.49. The molecule has 0 amide bonds. The van der Waals surface area contributed by atoms with E-state index in [0.29, 0.717) is 11.5 Å². The van der Waals surface area contributed by atoms with Crippen molar-refractivity contribution >= 4 is 43.2 Å². The average Bonchev–Trinajstić information content (AvgIpc) is 2.84. The average molecular weight is 436 g/mol. The van der Waals surface area contributed by atoms with Gasteiger partial charge in [-0.15, -0.1) is 11.3 Å². The van der Waals surface area contributed by atoms with Crippen molar-refractivity contribution in [2.24, 2.45) is 0 Å². The van der Waals surface area contributed by atoms with Crippen LogP contribution in [0.5, 0.6) is 17.2 Å². The fourth-order valence-corrected chi connectivity index (χ4v) is 4.34. The Morgan fingerprint density at radius 2 is 1.52 bits per heavy atom. The third kappa shape index (κ3) is 3.38. The van der Waals surface area contributed by atoms with Gasteiger partial charge in [-0.25, -0.2) is 0 Å². The normalized spacial score (nSPS) is 12.1. The van der Waals surface area contributed by atoms with E-state index >= 15 is 0 Å². The van der Waals surface area contributed by atoms with E-state index in [4.69, 9.17) is 14.2 Å². The van der Waals surface area contributed by atoms with Crippen molar-refractivity contribution in [3.05, 3.63) is 38.0 Å². The summed E-state index contributed by atoms with van der Waals surface area (Å²) in [4.78, 5) is 2.47. The van der Waals surface area contributed by atoms with Gasteiger partial charge in [0, 0.05) is 25.9 Å². The molecule has 0 bridgehead atoms. The highest BCUT2D eigenvalue weighted by atomic mass is 79.9. The Balaban J connectivity index is 2.50. The molecule has 0 saturated carbocycles. The second-order valence-corrected chi connectivity index (χ2v) is 7.42. The molecule has 1 aromatic carbocycles.